The summed E-state index contributed by atoms with van der Waals surface area (Å²) < 4.78 is 15.4. The molecule has 1 saturated heterocycles. The molecule has 0 spiro atoms. The topological polar surface area (TPSA) is 204 Å². The zero-order valence-electron chi connectivity index (χ0n) is 26.0. The van der Waals surface area contributed by atoms with Crippen LogP contribution in [0.1, 0.15) is 28.9 Å². The molecule has 3 amide bonds. The van der Waals surface area contributed by atoms with Crippen LogP contribution in [-0.4, -0.2) is 68.7 Å². The minimum atomic E-state index is -1.32. The summed E-state index contributed by atoms with van der Waals surface area (Å²) >= 11 is 7.69. The van der Waals surface area contributed by atoms with E-state index in [9.17, 15) is 38.7 Å². The third kappa shape index (κ3) is 6.10. The fourth-order valence-corrected chi connectivity index (χ4v) is 7.04. The van der Waals surface area contributed by atoms with Gasteiger partial charge in [-0.1, -0.05) is 48.0 Å². The van der Waals surface area contributed by atoms with Gasteiger partial charge in [0, 0.05) is 11.3 Å². The number of hydrogen-bond acceptors (Lipinski definition) is 11. The van der Waals surface area contributed by atoms with Crippen molar-refractivity contribution in [3.63, 3.8) is 0 Å². The number of β-lactam (4-membered cyclic amide) rings is 1. The largest absolute Gasteiger partial charge is 0.513 e. The molecule has 1 aromatic heterocycles. The SMILES string of the molecule is COC(=O)Oc1cccc2c(=O)n(-c3cc(C(=O)N[C@@H](C(=O)N[C@@H]4C(=O)N5C(C(=O)O)=C(C)CSC45)c4ccccc4)ccc3Cl)c(=O)oc12. The lowest BCUT2D eigenvalue weighted by molar-refractivity contribution is -0.151. The van der Waals surface area contributed by atoms with Gasteiger partial charge in [0.05, 0.1) is 23.2 Å². The standard InChI is InChI=1S/C33H25ClN4O11S/c1-15-14-50-30-23(29(42)38(30)24(15)31(43)44)36-27(40)22(16-7-4-3-5-8-16)35-26(39)17-11-12-19(34)20(13-17)37-28(41)18-9-6-10-21(48-33(46)47-2)25(18)49-32(37)45/h3-13,22-23,30H,14H2,1-2H3,(H,35,39)(H,36,40)(H,43,44)/t22-,23-,30?/m1/s1. The normalized spacial score (nSPS) is 17.3. The van der Waals surface area contributed by atoms with E-state index in [1.165, 1.54) is 42.1 Å². The van der Waals surface area contributed by atoms with Crippen LogP contribution in [0.25, 0.3) is 16.7 Å². The van der Waals surface area contributed by atoms with Crippen LogP contribution >= 0.6 is 23.4 Å². The fraction of sp³-hybridized carbons (Fsp3) is 0.182. The Balaban J connectivity index is 1.29. The Morgan fingerprint density at radius 3 is 2.48 bits per heavy atom. The Labute approximate surface area is 290 Å². The summed E-state index contributed by atoms with van der Waals surface area (Å²) in [6.07, 6.45) is -1.11. The zero-order valence-corrected chi connectivity index (χ0v) is 27.6. The molecule has 4 aromatic rings. The smallest absolute Gasteiger partial charge is 0.477 e. The highest BCUT2D eigenvalue weighted by Crippen LogP contribution is 2.40. The lowest BCUT2D eigenvalue weighted by Gasteiger charge is -2.49. The maximum absolute atomic E-state index is 13.7. The fourth-order valence-electron chi connectivity index (χ4n) is 5.54. The predicted octanol–water partition coefficient (Wildman–Crippen LogP) is 2.97. The molecule has 3 atom stereocenters. The molecule has 17 heteroatoms. The molecule has 0 radical (unpaired) electrons. The second-order valence-corrected chi connectivity index (χ2v) is 12.5. The van der Waals surface area contributed by atoms with Crippen LogP contribution in [0.2, 0.25) is 5.02 Å². The molecule has 3 N–H and O–H groups in total. The van der Waals surface area contributed by atoms with Crippen molar-refractivity contribution in [3.05, 3.63) is 115 Å². The van der Waals surface area contributed by atoms with Crippen LogP contribution in [0.3, 0.4) is 0 Å². The first kappa shape index (κ1) is 34.0. The van der Waals surface area contributed by atoms with Gasteiger partial charge >= 0.3 is 17.9 Å². The van der Waals surface area contributed by atoms with Crippen LogP contribution in [0, 0.1) is 0 Å². The van der Waals surface area contributed by atoms with Crippen molar-refractivity contribution in [2.24, 2.45) is 0 Å². The van der Waals surface area contributed by atoms with E-state index in [1.807, 2.05) is 0 Å². The third-order valence-electron chi connectivity index (χ3n) is 7.92. The third-order valence-corrected chi connectivity index (χ3v) is 9.67. The number of para-hydroxylation sites is 1. The summed E-state index contributed by atoms with van der Waals surface area (Å²) in [5.41, 5.74) is -0.773. The number of halogens is 1. The molecule has 256 valence electrons. The van der Waals surface area contributed by atoms with E-state index in [1.54, 1.807) is 37.3 Å². The number of amides is 3. The second kappa shape index (κ2) is 13.6. The van der Waals surface area contributed by atoms with Gasteiger partial charge in [-0.15, -0.1) is 11.8 Å². The molecule has 0 bridgehead atoms. The van der Waals surface area contributed by atoms with Crippen molar-refractivity contribution < 1.29 is 43.0 Å². The number of nitrogens with zero attached hydrogens (tertiary/aromatic N) is 2. The number of hydrogen-bond donors (Lipinski definition) is 3. The van der Waals surface area contributed by atoms with Gasteiger partial charge in [0.1, 0.15) is 23.2 Å². The predicted molar refractivity (Wildman–Crippen MR) is 178 cm³/mol. The maximum Gasteiger partial charge on any atom is 0.513 e. The highest BCUT2D eigenvalue weighted by Gasteiger charge is 2.54. The minimum absolute atomic E-state index is 0.0994. The number of fused-ring (bicyclic) bond motifs is 2. The van der Waals surface area contributed by atoms with Gasteiger partial charge in [0.2, 0.25) is 5.91 Å². The molecule has 50 heavy (non-hydrogen) atoms. The first-order chi connectivity index (χ1) is 23.9. The van der Waals surface area contributed by atoms with Crippen LogP contribution < -0.4 is 26.7 Å². The van der Waals surface area contributed by atoms with E-state index in [0.717, 1.165) is 18.1 Å². The number of thioether (sulfide) groups is 1. The molecule has 0 saturated carbocycles. The number of ether oxygens (including phenoxy) is 2. The Morgan fingerprint density at radius 1 is 1.04 bits per heavy atom. The molecule has 1 fully saturated rings. The van der Waals surface area contributed by atoms with Gasteiger partial charge in [0.15, 0.2) is 11.3 Å². The average molecular weight is 721 g/mol. The summed E-state index contributed by atoms with van der Waals surface area (Å²) in [7, 11) is 1.07. The zero-order chi connectivity index (χ0) is 35.9. The summed E-state index contributed by atoms with van der Waals surface area (Å²) in [6.45, 7) is 1.62. The average Bonchev–Trinajstić information content (AvgIpc) is 3.10. The second-order valence-electron chi connectivity index (χ2n) is 11.0. The van der Waals surface area contributed by atoms with Crippen molar-refractivity contribution in [1.29, 1.82) is 0 Å². The minimum Gasteiger partial charge on any atom is -0.477 e. The van der Waals surface area contributed by atoms with Gasteiger partial charge in [-0.25, -0.2) is 19.0 Å². The molecule has 2 aliphatic heterocycles. The number of benzene rings is 3. The van der Waals surface area contributed by atoms with Crippen LogP contribution in [-0.2, 0) is 19.1 Å². The number of carboxylic acid groups (broad SMARTS) is 1. The Kier molecular flexibility index (Phi) is 9.22. The number of carbonyl (C=O) groups is 5. The van der Waals surface area contributed by atoms with Gasteiger partial charge in [0.25, 0.3) is 17.4 Å². The molecular weight excluding hydrogens is 696 g/mol. The number of methoxy groups -OCH3 is 1. The highest BCUT2D eigenvalue weighted by molar-refractivity contribution is 8.00. The summed E-state index contributed by atoms with van der Waals surface area (Å²) in [6, 6.07) is 13.6. The molecule has 3 heterocycles. The van der Waals surface area contributed by atoms with Crippen molar-refractivity contribution >= 4 is 64.2 Å². The molecule has 3 aromatic carbocycles. The first-order valence-corrected chi connectivity index (χ1v) is 16.1. The van der Waals surface area contributed by atoms with E-state index in [2.05, 4.69) is 15.4 Å². The quantitative estimate of drug-likeness (QED) is 0.137. The number of rotatable bonds is 8. The first-order valence-electron chi connectivity index (χ1n) is 14.7. The molecule has 6 rings (SSSR count). The lowest BCUT2D eigenvalue weighted by atomic mass is 10.0. The molecule has 15 nitrogen and oxygen atoms in total. The van der Waals surface area contributed by atoms with E-state index in [4.69, 9.17) is 20.8 Å². The van der Waals surface area contributed by atoms with Crippen molar-refractivity contribution in [2.75, 3.05) is 12.9 Å². The summed E-state index contributed by atoms with van der Waals surface area (Å²) in [5, 5.41) is 14.0. The van der Waals surface area contributed by atoms with E-state index in [-0.39, 0.29) is 38.7 Å². The molecule has 1 unspecified atom stereocenters. The molecule has 2 aliphatic rings. The Hall–Kier alpha value is -5.87. The molecular formula is C33H25ClN4O11S. The van der Waals surface area contributed by atoms with Gasteiger partial charge < -0.3 is 29.6 Å². The Morgan fingerprint density at radius 2 is 1.78 bits per heavy atom. The van der Waals surface area contributed by atoms with Crippen molar-refractivity contribution in [2.45, 2.75) is 24.4 Å². The number of aliphatic carboxylic acids is 1. The van der Waals surface area contributed by atoms with Crippen molar-refractivity contribution in [1.82, 2.24) is 20.1 Å². The number of carboxylic acids is 1. The summed E-state index contributed by atoms with van der Waals surface area (Å²) in [4.78, 5) is 91.6. The van der Waals surface area contributed by atoms with Crippen LogP contribution in [0.4, 0.5) is 4.79 Å². The van der Waals surface area contributed by atoms with Crippen LogP contribution in [0.15, 0.2) is 92.0 Å². The number of carbonyl (C=O) groups excluding carboxylic acids is 4. The monoisotopic (exact) mass is 720 g/mol. The number of aromatic nitrogens is 1. The highest BCUT2D eigenvalue weighted by atomic mass is 35.5. The maximum atomic E-state index is 13.7. The van der Waals surface area contributed by atoms with E-state index >= 15 is 0 Å². The van der Waals surface area contributed by atoms with Crippen molar-refractivity contribution in [3.8, 4) is 11.4 Å². The lowest BCUT2D eigenvalue weighted by Crippen LogP contribution is -2.71. The van der Waals surface area contributed by atoms with E-state index < -0.39 is 58.6 Å². The van der Waals surface area contributed by atoms with Gasteiger partial charge in [-0.3, -0.25) is 24.1 Å². The summed E-state index contributed by atoms with van der Waals surface area (Å²) in [5.74, 6) is -4.50. The Bertz CT molecular complexity index is 2250. The van der Waals surface area contributed by atoms with E-state index in [0.29, 0.717) is 21.5 Å². The van der Waals surface area contributed by atoms with Crippen LogP contribution in [0.5, 0.6) is 5.75 Å². The molecule has 0 aliphatic carbocycles. The number of nitrogens with one attached hydrogen (secondary N) is 2. The van der Waals surface area contributed by atoms with Gasteiger partial charge in [-0.2, -0.15) is 0 Å². The van der Waals surface area contributed by atoms with Gasteiger partial charge in [-0.05, 0) is 48.4 Å².